The van der Waals surface area contributed by atoms with Crippen LogP contribution in [0.2, 0.25) is 0 Å². The molecule has 5 heteroatoms. The molecule has 0 saturated carbocycles. The third-order valence-electron chi connectivity index (χ3n) is 2.34. The van der Waals surface area contributed by atoms with E-state index in [0.29, 0.717) is 0 Å². The Morgan fingerprint density at radius 3 is 2.73 bits per heavy atom. The molecule has 0 unspecified atom stereocenters. The number of unbranched alkanes of at least 4 members (excludes halogenated alkanes) is 1. The van der Waals surface area contributed by atoms with Crippen LogP contribution >= 0.6 is 11.8 Å². The molecule has 0 aliphatic rings. The lowest BCUT2D eigenvalue weighted by atomic mass is 10.3. The van der Waals surface area contributed by atoms with Gasteiger partial charge in [0.05, 0.1) is 11.4 Å². The van der Waals surface area contributed by atoms with Crippen molar-refractivity contribution in [1.82, 2.24) is 9.78 Å². The quantitative estimate of drug-likeness (QED) is 0.730. The fraction of sp³-hybridized carbons (Fsp3) is 0.700. The number of hydrogen-bond donors (Lipinski definition) is 2. The number of hydrogen-bond acceptors (Lipinski definition) is 4. The van der Waals surface area contributed by atoms with Crippen LogP contribution in [0.15, 0.2) is 0 Å². The third-order valence-corrected chi connectivity index (χ3v) is 3.03. The third kappa shape index (κ3) is 3.34. The maximum absolute atomic E-state index is 5.89. The number of nitrogen functional groups attached to an aromatic ring is 1. The summed E-state index contributed by atoms with van der Waals surface area (Å²) in [5.41, 5.74) is 7.55. The van der Waals surface area contributed by atoms with Gasteiger partial charge in [-0.05, 0) is 31.8 Å². The minimum absolute atomic E-state index is 0.766. The molecule has 1 aromatic rings. The van der Waals surface area contributed by atoms with Crippen molar-refractivity contribution < 1.29 is 0 Å². The first kappa shape index (κ1) is 12.2. The lowest BCUT2D eigenvalue weighted by Gasteiger charge is -2.07. The Bertz CT molecular complexity index is 309. The topological polar surface area (TPSA) is 55.9 Å². The molecule has 0 aliphatic carbocycles. The minimum Gasteiger partial charge on any atom is -0.394 e. The van der Waals surface area contributed by atoms with Gasteiger partial charge in [0.2, 0.25) is 0 Å². The summed E-state index contributed by atoms with van der Waals surface area (Å²) in [5, 5.41) is 7.58. The molecular formula is C10H20N4S. The number of rotatable bonds is 6. The summed E-state index contributed by atoms with van der Waals surface area (Å²) >= 11 is 1.89. The fourth-order valence-corrected chi connectivity index (χ4v) is 1.96. The predicted octanol–water partition coefficient (Wildman–Crippen LogP) is 1.87. The molecule has 86 valence electrons. The van der Waals surface area contributed by atoms with E-state index in [1.165, 1.54) is 18.6 Å². The second kappa shape index (κ2) is 5.90. The first-order chi connectivity index (χ1) is 7.16. The van der Waals surface area contributed by atoms with Gasteiger partial charge in [-0.1, -0.05) is 0 Å². The Morgan fingerprint density at radius 2 is 2.20 bits per heavy atom. The van der Waals surface area contributed by atoms with E-state index >= 15 is 0 Å². The van der Waals surface area contributed by atoms with E-state index in [4.69, 9.17) is 5.73 Å². The second-order valence-electron chi connectivity index (χ2n) is 3.60. The van der Waals surface area contributed by atoms with Crippen LogP contribution in [0.5, 0.6) is 0 Å². The maximum Gasteiger partial charge on any atom is 0.147 e. The Hall–Kier alpha value is -0.840. The smallest absolute Gasteiger partial charge is 0.147 e. The Kier molecular flexibility index (Phi) is 4.81. The molecule has 0 fully saturated rings. The first-order valence-corrected chi connectivity index (χ1v) is 6.58. The summed E-state index contributed by atoms with van der Waals surface area (Å²) < 4.78 is 1.80. The maximum atomic E-state index is 5.89. The molecule has 0 spiro atoms. The Labute approximate surface area is 95.6 Å². The van der Waals surface area contributed by atoms with Crippen molar-refractivity contribution >= 4 is 23.3 Å². The van der Waals surface area contributed by atoms with Crippen molar-refractivity contribution in [3.05, 3.63) is 5.69 Å². The minimum atomic E-state index is 0.766. The van der Waals surface area contributed by atoms with E-state index < -0.39 is 0 Å². The SMILES string of the molecule is CSCCCCNc1c(N)c(C)nn1C. The van der Waals surface area contributed by atoms with E-state index in [9.17, 15) is 0 Å². The van der Waals surface area contributed by atoms with E-state index in [0.717, 1.165) is 23.7 Å². The average Bonchev–Trinajstić information content (AvgIpc) is 2.44. The molecule has 0 saturated heterocycles. The van der Waals surface area contributed by atoms with E-state index in [2.05, 4.69) is 16.7 Å². The van der Waals surface area contributed by atoms with Gasteiger partial charge >= 0.3 is 0 Å². The largest absolute Gasteiger partial charge is 0.394 e. The van der Waals surface area contributed by atoms with Crippen LogP contribution in [-0.4, -0.2) is 28.3 Å². The molecule has 0 radical (unpaired) electrons. The molecule has 4 nitrogen and oxygen atoms in total. The van der Waals surface area contributed by atoms with Crippen LogP contribution in [0.3, 0.4) is 0 Å². The zero-order chi connectivity index (χ0) is 11.3. The van der Waals surface area contributed by atoms with Crippen molar-refractivity contribution in [3.8, 4) is 0 Å². The molecule has 0 amide bonds. The van der Waals surface area contributed by atoms with Crippen molar-refractivity contribution in [1.29, 1.82) is 0 Å². The van der Waals surface area contributed by atoms with Gasteiger partial charge in [0.25, 0.3) is 0 Å². The number of nitrogens with one attached hydrogen (secondary N) is 1. The summed E-state index contributed by atoms with van der Waals surface area (Å²) in [4.78, 5) is 0. The zero-order valence-corrected chi connectivity index (χ0v) is 10.5. The molecule has 15 heavy (non-hydrogen) atoms. The zero-order valence-electron chi connectivity index (χ0n) is 9.71. The molecule has 1 rings (SSSR count). The van der Waals surface area contributed by atoms with E-state index in [1.807, 2.05) is 25.7 Å². The van der Waals surface area contributed by atoms with Gasteiger partial charge in [0.1, 0.15) is 5.82 Å². The van der Waals surface area contributed by atoms with Crippen LogP contribution in [0.25, 0.3) is 0 Å². The molecule has 0 aliphatic heterocycles. The summed E-state index contributed by atoms with van der Waals surface area (Å²) in [6.07, 6.45) is 4.55. The highest BCUT2D eigenvalue weighted by Crippen LogP contribution is 2.20. The molecule has 0 aromatic carbocycles. The second-order valence-corrected chi connectivity index (χ2v) is 4.58. The molecular weight excluding hydrogens is 208 g/mol. The van der Waals surface area contributed by atoms with Crippen LogP contribution in [0, 0.1) is 6.92 Å². The highest BCUT2D eigenvalue weighted by Gasteiger charge is 2.08. The Morgan fingerprint density at radius 1 is 1.47 bits per heavy atom. The van der Waals surface area contributed by atoms with Gasteiger partial charge in [-0.3, -0.25) is 4.68 Å². The van der Waals surface area contributed by atoms with Crippen molar-refractivity contribution in [2.24, 2.45) is 7.05 Å². The van der Waals surface area contributed by atoms with Crippen LogP contribution < -0.4 is 11.1 Å². The monoisotopic (exact) mass is 228 g/mol. The van der Waals surface area contributed by atoms with E-state index in [-0.39, 0.29) is 0 Å². The van der Waals surface area contributed by atoms with E-state index in [1.54, 1.807) is 4.68 Å². The summed E-state index contributed by atoms with van der Waals surface area (Å²) in [7, 11) is 1.91. The summed E-state index contributed by atoms with van der Waals surface area (Å²) in [5.74, 6) is 2.17. The average molecular weight is 228 g/mol. The summed E-state index contributed by atoms with van der Waals surface area (Å²) in [6.45, 7) is 2.89. The molecule has 0 atom stereocenters. The highest BCUT2D eigenvalue weighted by atomic mass is 32.2. The molecule has 1 aromatic heterocycles. The number of thioether (sulfide) groups is 1. The number of anilines is 2. The summed E-state index contributed by atoms with van der Waals surface area (Å²) in [6, 6.07) is 0. The van der Waals surface area contributed by atoms with Crippen LogP contribution in [0.1, 0.15) is 18.5 Å². The van der Waals surface area contributed by atoms with Crippen molar-refractivity contribution in [2.45, 2.75) is 19.8 Å². The number of aryl methyl sites for hydroxylation is 2. The number of nitrogens with two attached hydrogens (primary N) is 1. The van der Waals surface area contributed by atoms with Gasteiger partial charge in [-0.2, -0.15) is 16.9 Å². The fourth-order valence-electron chi connectivity index (χ4n) is 1.46. The molecule has 1 heterocycles. The van der Waals surface area contributed by atoms with Crippen molar-refractivity contribution in [3.63, 3.8) is 0 Å². The van der Waals surface area contributed by atoms with Crippen LogP contribution in [0.4, 0.5) is 11.5 Å². The van der Waals surface area contributed by atoms with Crippen molar-refractivity contribution in [2.75, 3.05) is 29.6 Å². The first-order valence-electron chi connectivity index (χ1n) is 5.18. The lowest BCUT2D eigenvalue weighted by molar-refractivity contribution is 0.749. The van der Waals surface area contributed by atoms with Gasteiger partial charge < -0.3 is 11.1 Å². The molecule has 3 N–H and O–H groups in total. The van der Waals surface area contributed by atoms with Gasteiger partial charge in [-0.25, -0.2) is 0 Å². The predicted molar refractivity (Wildman–Crippen MR) is 68.5 cm³/mol. The van der Waals surface area contributed by atoms with Gasteiger partial charge in [0, 0.05) is 13.6 Å². The molecule has 0 bridgehead atoms. The van der Waals surface area contributed by atoms with Crippen LogP contribution in [-0.2, 0) is 7.05 Å². The number of aromatic nitrogens is 2. The Balaban J connectivity index is 2.37. The highest BCUT2D eigenvalue weighted by molar-refractivity contribution is 7.98. The van der Waals surface area contributed by atoms with Gasteiger partial charge in [-0.15, -0.1) is 0 Å². The van der Waals surface area contributed by atoms with Gasteiger partial charge in [0.15, 0.2) is 0 Å². The normalized spacial score (nSPS) is 10.6. The number of nitrogens with zero attached hydrogens (tertiary/aromatic N) is 2. The lowest BCUT2D eigenvalue weighted by Crippen LogP contribution is -2.08. The standard InChI is InChI=1S/C10H20N4S/c1-8-9(11)10(14(2)13-8)12-6-4-5-7-15-3/h12H,4-7,11H2,1-3H3.